The first-order valence-corrected chi connectivity index (χ1v) is 8.61. The molecule has 0 fully saturated rings. The molecule has 4 heteroatoms. The third-order valence-electron chi connectivity index (χ3n) is 2.71. The Balaban J connectivity index is 0. The number of hydrogen-bond donors (Lipinski definition) is 4. The third kappa shape index (κ3) is 11.5. The predicted molar refractivity (Wildman–Crippen MR) is 115 cm³/mol. The van der Waals surface area contributed by atoms with E-state index in [1.165, 1.54) is 22.3 Å². The van der Waals surface area contributed by atoms with Gasteiger partial charge in [-0.3, -0.25) is 0 Å². The molecule has 0 radical (unpaired) electrons. The summed E-state index contributed by atoms with van der Waals surface area (Å²) in [4.78, 5) is 0. The fourth-order valence-corrected chi connectivity index (χ4v) is 2.08. The van der Waals surface area contributed by atoms with Gasteiger partial charge < -0.3 is 21.3 Å². The van der Waals surface area contributed by atoms with Crippen LogP contribution in [0.25, 0.3) is 11.1 Å². The first-order chi connectivity index (χ1) is 12.1. The molecule has 0 saturated carbocycles. The molecular weight excluding hydrogens is 308 g/mol. The average molecular weight is 347 g/mol. The zero-order valence-electron chi connectivity index (χ0n) is 17.3. The minimum absolute atomic E-state index is 1.10. The monoisotopic (exact) mass is 346 g/mol. The Hall–Kier alpha value is -1.72. The van der Waals surface area contributed by atoms with Crippen LogP contribution >= 0.6 is 0 Å². The zero-order valence-corrected chi connectivity index (χ0v) is 17.3. The number of rotatable bonds is 0. The van der Waals surface area contributed by atoms with Crippen molar-refractivity contribution in [2.24, 2.45) is 0 Å². The smallest absolute Gasteiger partial charge is 0.00135 e. The van der Waals surface area contributed by atoms with Crippen LogP contribution in [-0.4, -0.2) is 56.4 Å². The van der Waals surface area contributed by atoms with Gasteiger partial charge >= 0.3 is 0 Å². The van der Waals surface area contributed by atoms with Crippen LogP contribution in [-0.2, 0) is 6.42 Å². The summed E-state index contributed by atoms with van der Waals surface area (Å²) >= 11 is 0. The van der Waals surface area contributed by atoms with E-state index < -0.39 is 0 Å². The van der Waals surface area contributed by atoms with E-state index in [2.05, 4.69) is 69.8 Å². The summed E-state index contributed by atoms with van der Waals surface area (Å²) in [5, 5.41) is 11.0. The molecule has 4 N–H and O–H groups in total. The van der Waals surface area contributed by atoms with Crippen molar-refractivity contribution in [1.82, 2.24) is 21.3 Å². The first kappa shape index (κ1) is 25.5. The van der Waals surface area contributed by atoms with Gasteiger partial charge in [0.25, 0.3) is 0 Å². The second kappa shape index (κ2) is 18.6. The molecule has 1 aliphatic rings. The van der Waals surface area contributed by atoms with E-state index in [9.17, 15) is 0 Å². The van der Waals surface area contributed by atoms with Crippen molar-refractivity contribution in [3.05, 3.63) is 59.7 Å². The molecule has 2 aromatic carbocycles. The molecule has 3 rings (SSSR count). The lowest BCUT2D eigenvalue weighted by molar-refractivity contribution is 1.02. The molecule has 0 spiro atoms. The van der Waals surface area contributed by atoms with Crippen molar-refractivity contribution in [3.8, 4) is 11.1 Å². The molecule has 0 unspecified atom stereocenters. The SMILES string of the molecule is CNC.CNC.CNC.CNC.c1ccc2c(c1)Cc1ccccc1-2. The average Bonchev–Trinajstić information content (AvgIpc) is 2.96. The van der Waals surface area contributed by atoms with E-state index in [-0.39, 0.29) is 0 Å². The lowest BCUT2D eigenvalue weighted by Crippen LogP contribution is -1.89. The molecule has 0 heterocycles. The van der Waals surface area contributed by atoms with E-state index in [0.717, 1.165) is 6.42 Å². The molecule has 0 aliphatic heterocycles. The Morgan fingerprint density at radius 3 is 1.00 bits per heavy atom. The van der Waals surface area contributed by atoms with E-state index in [1.54, 1.807) is 0 Å². The summed E-state index contributed by atoms with van der Waals surface area (Å²) < 4.78 is 0. The van der Waals surface area contributed by atoms with Gasteiger partial charge in [-0.2, -0.15) is 0 Å². The second-order valence-corrected chi connectivity index (χ2v) is 5.49. The van der Waals surface area contributed by atoms with Crippen LogP contribution in [0.1, 0.15) is 11.1 Å². The summed E-state index contributed by atoms with van der Waals surface area (Å²) in [6.45, 7) is 0. The van der Waals surface area contributed by atoms with Gasteiger partial charge in [-0.15, -0.1) is 0 Å². The van der Waals surface area contributed by atoms with Crippen molar-refractivity contribution in [2.45, 2.75) is 6.42 Å². The highest BCUT2D eigenvalue weighted by atomic mass is 14.7. The van der Waals surface area contributed by atoms with Crippen LogP contribution in [0.15, 0.2) is 48.5 Å². The Kier molecular flexibility index (Phi) is 19.0. The molecule has 1 aliphatic carbocycles. The Morgan fingerprint density at radius 2 is 0.720 bits per heavy atom. The lowest BCUT2D eigenvalue weighted by atomic mass is 10.1. The largest absolute Gasteiger partial charge is 0.323 e. The molecule has 4 nitrogen and oxygen atoms in total. The van der Waals surface area contributed by atoms with Gasteiger partial charge in [0.1, 0.15) is 0 Å². The van der Waals surface area contributed by atoms with Crippen LogP contribution in [0.3, 0.4) is 0 Å². The van der Waals surface area contributed by atoms with Crippen molar-refractivity contribution in [1.29, 1.82) is 0 Å². The lowest BCUT2D eigenvalue weighted by Gasteiger charge is -1.98. The maximum Gasteiger partial charge on any atom is -0.00135 e. The molecular formula is C21H38N4. The first-order valence-electron chi connectivity index (χ1n) is 8.61. The summed E-state index contributed by atoms with van der Waals surface area (Å²) in [7, 11) is 15.0. The summed E-state index contributed by atoms with van der Waals surface area (Å²) in [5.41, 5.74) is 5.75. The molecule has 0 saturated heterocycles. The van der Waals surface area contributed by atoms with Gasteiger partial charge in [-0.05, 0) is 85.1 Å². The van der Waals surface area contributed by atoms with Crippen molar-refractivity contribution in [3.63, 3.8) is 0 Å². The normalized spacial score (nSPS) is 9.28. The van der Waals surface area contributed by atoms with E-state index in [4.69, 9.17) is 0 Å². The predicted octanol–water partition coefficient (Wildman–Crippen LogP) is 2.60. The molecule has 0 aromatic heterocycles. The third-order valence-corrected chi connectivity index (χ3v) is 2.71. The number of hydrogen-bond acceptors (Lipinski definition) is 4. The van der Waals surface area contributed by atoms with Crippen LogP contribution < -0.4 is 21.3 Å². The Bertz CT molecular complexity index is 475. The van der Waals surface area contributed by atoms with Gasteiger partial charge in [-0.1, -0.05) is 48.5 Å². The number of benzene rings is 2. The van der Waals surface area contributed by atoms with Crippen molar-refractivity contribution < 1.29 is 0 Å². The van der Waals surface area contributed by atoms with Crippen LogP contribution in [0.5, 0.6) is 0 Å². The fraction of sp³-hybridized carbons (Fsp3) is 0.429. The molecule has 2 aromatic rings. The van der Waals surface area contributed by atoms with E-state index >= 15 is 0 Å². The fourth-order valence-electron chi connectivity index (χ4n) is 2.08. The van der Waals surface area contributed by atoms with Crippen LogP contribution in [0.4, 0.5) is 0 Å². The molecule has 142 valence electrons. The molecule has 0 amide bonds. The Labute approximate surface area is 155 Å². The minimum atomic E-state index is 1.10. The maximum absolute atomic E-state index is 2.75. The van der Waals surface area contributed by atoms with E-state index in [1.807, 2.05) is 56.4 Å². The molecule has 0 bridgehead atoms. The highest BCUT2D eigenvalue weighted by Gasteiger charge is 2.15. The highest BCUT2D eigenvalue weighted by Crippen LogP contribution is 2.35. The van der Waals surface area contributed by atoms with Crippen molar-refractivity contribution in [2.75, 3.05) is 56.4 Å². The Morgan fingerprint density at radius 1 is 0.480 bits per heavy atom. The second-order valence-electron chi connectivity index (χ2n) is 5.49. The van der Waals surface area contributed by atoms with Gasteiger partial charge in [0.15, 0.2) is 0 Å². The number of fused-ring (bicyclic) bond motifs is 3. The van der Waals surface area contributed by atoms with E-state index in [0.29, 0.717) is 0 Å². The summed E-state index contributed by atoms with van der Waals surface area (Å²) in [6.07, 6.45) is 1.10. The maximum atomic E-state index is 2.75. The van der Waals surface area contributed by atoms with Gasteiger partial charge in [-0.25, -0.2) is 0 Å². The molecule has 0 atom stereocenters. The standard InChI is InChI=1S/C13H10.4C2H7N/c1-3-7-12-10(5-1)9-11-6-2-4-8-13(11)12;4*1-3-2/h1-8H,9H2;4*3H,1-2H3. The quantitative estimate of drug-likeness (QED) is 0.505. The van der Waals surface area contributed by atoms with Gasteiger partial charge in [0, 0.05) is 0 Å². The zero-order chi connectivity index (χ0) is 19.5. The summed E-state index contributed by atoms with van der Waals surface area (Å²) in [5.74, 6) is 0. The van der Waals surface area contributed by atoms with Crippen LogP contribution in [0.2, 0.25) is 0 Å². The van der Waals surface area contributed by atoms with Crippen LogP contribution in [0, 0.1) is 0 Å². The van der Waals surface area contributed by atoms with Gasteiger partial charge in [0.05, 0.1) is 0 Å². The number of nitrogens with one attached hydrogen (secondary N) is 4. The van der Waals surface area contributed by atoms with Gasteiger partial charge in [0.2, 0.25) is 0 Å². The van der Waals surface area contributed by atoms with Crippen molar-refractivity contribution >= 4 is 0 Å². The highest BCUT2D eigenvalue weighted by molar-refractivity contribution is 5.76. The topological polar surface area (TPSA) is 48.1 Å². The minimum Gasteiger partial charge on any atom is -0.323 e. The molecule has 25 heavy (non-hydrogen) atoms. The summed E-state index contributed by atoms with van der Waals surface area (Å²) in [6, 6.07) is 17.3.